The molecule has 2 atom stereocenters. The fraction of sp³-hybridized carbons (Fsp3) is 0.391. The molecule has 1 heterocycles. The van der Waals surface area contributed by atoms with Gasteiger partial charge in [-0.05, 0) is 31.5 Å². The molecule has 0 spiro atoms. The van der Waals surface area contributed by atoms with Gasteiger partial charge in [0.25, 0.3) is 0 Å². The summed E-state index contributed by atoms with van der Waals surface area (Å²) in [6.45, 7) is 6.31. The third-order valence-electron chi connectivity index (χ3n) is 4.82. The first-order chi connectivity index (χ1) is 14.0. The van der Waals surface area contributed by atoms with Crippen molar-refractivity contribution in [3.05, 3.63) is 59.2 Å². The van der Waals surface area contributed by atoms with Crippen LogP contribution in [0, 0.1) is 0 Å². The number of fused-ring (bicyclic) bond motifs is 1. The van der Waals surface area contributed by atoms with Crippen molar-refractivity contribution >= 4 is 11.8 Å². The Morgan fingerprint density at radius 1 is 1.24 bits per heavy atom. The monoisotopic (exact) mass is 396 g/mol. The molecule has 0 saturated carbocycles. The molecule has 2 N–H and O–H groups in total. The molecule has 1 aliphatic heterocycles. The highest BCUT2D eigenvalue weighted by Crippen LogP contribution is 2.35. The zero-order valence-electron chi connectivity index (χ0n) is 17.2. The minimum atomic E-state index is -0.371. The van der Waals surface area contributed by atoms with Gasteiger partial charge in [0.2, 0.25) is 11.8 Å². The third kappa shape index (κ3) is 5.50. The Morgan fingerprint density at radius 2 is 2.00 bits per heavy atom. The summed E-state index contributed by atoms with van der Waals surface area (Å²) >= 11 is 0. The lowest BCUT2D eigenvalue weighted by atomic mass is 10.0. The minimum absolute atomic E-state index is 0.147. The maximum Gasteiger partial charge on any atom is 0.222 e. The molecule has 2 amide bonds. The van der Waals surface area contributed by atoms with Crippen LogP contribution in [0.25, 0.3) is 0 Å². The van der Waals surface area contributed by atoms with Gasteiger partial charge in [-0.1, -0.05) is 30.3 Å². The van der Waals surface area contributed by atoms with E-state index in [0.29, 0.717) is 13.2 Å². The van der Waals surface area contributed by atoms with E-state index in [0.717, 1.165) is 34.6 Å². The highest BCUT2D eigenvalue weighted by molar-refractivity contribution is 5.79. The van der Waals surface area contributed by atoms with E-state index < -0.39 is 0 Å². The van der Waals surface area contributed by atoms with Gasteiger partial charge >= 0.3 is 0 Å². The number of hydrogen-bond acceptors (Lipinski definition) is 4. The second-order valence-electron chi connectivity index (χ2n) is 7.28. The number of ether oxygens (including phenoxy) is 2. The van der Waals surface area contributed by atoms with Crippen LogP contribution in [0.15, 0.2) is 42.5 Å². The zero-order valence-corrected chi connectivity index (χ0v) is 17.2. The lowest BCUT2D eigenvalue weighted by molar-refractivity contribution is -0.122. The van der Waals surface area contributed by atoms with E-state index in [1.807, 2.05) is 56.3 Å². The maximum absolute atomic E-state index is 12.6. The second kappa shape index (κ2) is 9.45. The highest BCUT2D eigenvalue weighted by Gasteiger charge is 2.22. The average Bonchev–Trinajstić information content (AvgIpc) is 3.05. The molecule has 154 valence electrons. The molecule has 0 bridgehead atoms. The van der Waals surface area contributed by atoms with Crippen molar-refractivity contribution in [3.63, 3.8) is 0 Å². The third-order valence-corrected chi connectivity index (χ3v) is 4.82. The van der Waals surface area contributed by atoms with Crippen LogP contribution in [-0.2, 0) is 22.6 Å². The molecule has 2 aromatic carbocycles. The standard InChI is InChI=1S/C23H28N2O4/c1-4-28-21-11-18-10-15(2)29-22(18)12-19(21)14-24-23(27)13-20(25-16(3)26)17-8-6-5-7-9-17/h5-9,11-12,15,20H,4,10,13-14H2,1-3H3,(H,24,27)(H,25,26)/t15-,20+/m0/s1. The maximum atomic E-state index is 12.6. The van der Waals surface area contributed by atoms with Crippen LogP contribution in [0.2, 0.25) is 0 Å². The summed E-state index contributed by atoms with van der Waals surface area (Å²) < 4.78 is 11.6. The molecule has 6 nitrogen and oxygen atoms in total. The largest absolute Gasteiger partial charge is 0.494 e. The summed E-state index contributed by atoms with van der Waals surface area (Å²) in [5, 5.41) is 5.80. The molecule has 1 aliphatic rings. The SMILES string of the molecule is CCOc1cc2c(cc1CNC(=O)C[C@@H](NC(C)=O)c1ccccc1)O[C@@H](C)C2. The normalized spacial score (nSPS) is 15.8. The average molecular weight is 396 g/mol. The van der Waals surface area contributed by atoms with E-state index in [1.165, 1.54) is 6.92 Å². The zero-order chi connectivity index (χ0) is 20.8. The predicted octanol–water partition coefficient (Wildman–Crippen LogP) is 3.29. The summed E-state index contributed by atoms with van der Waals surface area (Å²) in [4.78, 5) is 24.2. The Morgan fingerprint density at radius 3 is 2.69 bits per heavy atom. The van der Waals surface area contributed by atoms with Crippen LogP contribution in [0.3, 0.4) is 0 Å². The fourth-order valence-electron chi connectivity index (χ4n) is 3.54. The van der Waals surface area contributed by atoms with E-state index in [1.54, 1.807) is 0 Å². The van der Waals surface area contributed by atoms with E-state index in [2.05, 4.69) is 10.6 Å². The number of rotatable bonds is 8. The number of carbonyl (C=O) groups excluding carboxylic acids is 2. The molecular formula is C23H28N2O4. The van der Waals surface area contributed by atoms with Gasteiger partial charge in [0.1, 0.15) is 17.6 Å². The van der Waals surface area contributed by atoms with Crippen LogP contribution in [0.4, 0.5) is 0 Å². The summed E-state index contributed by atoms with van der Waals surface area (Å²) in [7, 11) is 0. The topological polar surface area (TPSA) is 76.7 Å². The molecular weight excluding hydrogens is 368 g/mol. The van der Waals surface area contributed by atoms with Gasteiger partial charge in [0.15, 0.2) is 0 Å². The predicted molar refractivity (Wildman–Crippen MR) is 111 cm³/mol. The Kier molecular flexibility index (Phi) is 6.75. The number of hydrogen-bond donors (Lipinski definition) is 2. The molecule has 0 saturated heterocycles. The van der Waals surface area contributed by atoms with Crippen LogP contribution in [-0.4, -0.2) is 24.5 Å². The lowest BCUT2D eigenvalue weighted by Gasteiger charge is -2.18. The van der Waals surface area contributed by atoms with Crippen LogP contribution in [0.5, 0.6) is 11.5 Å². The summed E-state index contributed by atoms with van der Waals surface area (Å²) in [5.41, 5.74) is 2.91. The second-order valence-corrected chi connectivity index (χ2v) is 7.28. The van der Waals surface area contributed by atoms with Crippen molar-refractivity contribution in [1.29, 1.82) is 0 Å². The fourth-order valence-corrected chi connectivity index (χ4v) is 3.54. The molecule has 0 aromatic heterocycles. The smallest absolute Gasteiger partial charge is 0.222 e. The number of carbonyl (C=O) groups is 2. The first-order valence-corrected chi connectivity index (χ1v) is 10.00. The van der Waals surface area contributed by atoms with Gasteiger partial charge in [-0.15, -0.1) is 0 Å². The molecule has 0 unspecified atom stereocenters. The van der Waals surface area contributed by atoms with Gasteiger partial charge in [-0.2, -0.15) is 0 Å². The number of nitrogens with one attached hydrogen (secondary N) is 2. The van der Waals surface area contributed by atoms with Gasteiger partial charge in [-0.25, -0.2) is 0 Å². The summed E-state index contributed by atoms with van der Waals surface area (Å²) in [6.07, 6.45) is 1.16. The first kappa shape index (κ1) is 20.7. The summed E-state index contributed by atoms with van der Waals surface area (Å²) in [5.74, 6) is 1.30. The van der Waals surface area contributed by atoms with E-state index in [4.69, 9.17) is 9.47 Å². The van der Waals surface area contributed by atoms with Crippen molar-refractivity contribution in [3.8, 4) is 11.5 Å². The van der Waals surface area contributed by atoms with E-state index >= 15 is 0 Å². The molecule has 0 aliphatic carbocycles. The Bertz CT molecular complexity index is 867. The van der Waals surface area contributed by atoms with E-state index in [9.17, 15) is 9.59 Å². The number of benzene rings is 2. The Hall–Kier alpha value is -3.02. The molecule has 29 heavy (non-hydrogen) atoms. The van der Waals surface area contributed by atoms with Crippen LogP contribution >= 0.6 is 0 Å². The first-order valence-electron chi connectivity index (χ1n) is 10.00. The molecule has 0 radical (unpaired) electrons. The number of amides is 2. The quantitative estimate of drug-likeness (QED) is 0.718. The van der Waals surface area contributed by atoms with Gasteiger partial charge in [0, 0.05) is 31.0 Å². The van der Waals surface area contributed by atoms with E-state index in [-0.39, 0.29) is 30.4 Å². The van der Waals surface area contributed by atoms with Gasteiger partial charge in [-0.3, -0.25) is 9.59 Å². The van der Waals surface area contributed by atoms with Crippen molar-refractivity contribution in [1.82, 2.24) is 10.6 Å². The lowest BCUT2D eigenvalue weighted by Crippen LogP contribution is -2.32. The molecule has 0 fully saturated rings. The molecule has 2 aromatic rings. The van der Waals surface area contributed by atoms with Crippen molar-refractivity contribution in [2.45, 2.75) is 52.3 Å². The van der Waals surface area contributed by atoms with Crippen molar-refractivity contribution in [2.24, 2.45) is 0 Å². The van der Waals surface area contributed by atoms with Gasteiger partial charge < -0.3 is 20.1 Å². The molecule has 3 rings (SSSR count). The van der Waals surface area contributed by atoms with Crippen LogP contribution in [0.1, 0.15) is 49.9 Å². The minimum Gasteiger partial charge on any atom is -0.494 e. The Labute approximate surface area is 171 Å². The Balaban J connectivity index is 1.68. The summed E-state index contributed by atoms with van der Waals surface area (Å²) in [6, 6.07) is 13.1. The molecule has 6 heteroatoms. The van der Waals surface area contributed by atoms with Crippen molar-refractivity contribution in [2.75, 3.05) is 6.61 Å². The van der Waals surface area contributed by atoms with Crippen LogP contribution < -0.4 is 20.1 Å². The van der Waals surface area contributed by atoms with Crippen molar-refractivity contribution < 1.29 is 19.1 Å². The van der Waals surface area contributed by atoms with Gasteiger partial charge in [0.05, 0.1) is 19.1 Å². The highest BCUT2D eigenvalue weighted by atomic mass is 16.5.